The van der Waals surface area contributed by atoms with E-state index in [0.717, 1.165) is 18.1 Å². The van der Waals surface area contributed by atoms with E-state index in [9.17, 15) is 4.79 Å². The lowest BCUT2D eigenvalue weighted by atomic mass is 10.2. The summed E-state index contributed by atoms with van der Waals surface area (Å²) in [4.78, 5) is 14.0. The Balaban J connectivity index is 1.93. The zero-order valence-electron chi connectivity index (χ0n) is 8.81. The molecule has 2 rings (SSSR count). The van der Waals surface area contributed by atoms with Crippen molar-refractivity contribution in [2.24, 2.45) is 0 Å². The summed E-state index contributed by atoms with van der Waals surface area (Å²) in [6.07, 6.45) is 1.54. The molecule has 0 amide bonds. The Morgan fingerprint density at radius 2 is 2.60 bits per heavy atom. The minimum Gasteiger partial charge on any atom is -0.461 e. The van der Waals surface area contributed by atoms with Gasteiger partial charge in [-0.1, -0.05) is 0 Å². The second-order valence-electron chi connectivity index (χ2n) is 3.79. The molecule has 0 aliphatic carbocycles. The number of carbonyl (C=O) groups excluding carboxylic acids is 1. The number of furan rings is 1. The third kappa shape index (κ3) is 2.63. The summed E-state index contributed by atoms with van der Waals surface area (Å²) in [7, 11) is 0. The number of hydrogen-bond donors (Lipinski definition) is 0. The molecule has 1 aromatic heterocycles. The fraction of sp³-hybridized carbons (Fsp3) is 0.545. The van der Waals surface area contributed by atoms with E-state index in [0.29, 0.717) is 18.3 Å². The quantitative estimate of drug-likeness (QED) is 0.736. The monoisotopic (exact) mass is 225 g/mol. The number of nitrogens with zero attached hydrogens (tertiary/aromatic N) is 1. The maximum absolute atomic E-state index is 11.8. The van der Waals surface area contributed by atoms with Crippen molar-refractivity contribution in [3.05, 3.63) is 24.2 Å². The maximum atomic E-state index is 11.8. The number of carbonyl (C=O) groups is 1. The lowest BCUT2D eigenvalue weighted by Crippen LogP contribution is -2.43. The van der Waals surface area contributed by atoms with Crippen molar-refractivity contribution in [3.8, 4) is 0 Å². The van der Waals surface area contributed by atoms with Crippen LogP contribution in [0.25, 0.3) is 0 Å². The predicted molar refractivity (Wildman–Crippen MR) is 61.4 cm³/mol. The van der Waals surface area contributed by atoms with Gasteiger partial charge in [-0.25, -0.2) is 0 Å². The molecular weight excluding hydrogens is 210 g/mol. The number of ketones is 1. The topological polar surface area (TPSA) is 33.5 Å². The van der Waals surface area contributed by atoms with Crippen molar-refractivity contribution >= 4 is 17.5 Å². The van der Waals surface area contributed by atoms with Gasteiger partial charge in [0.05, 0.1) is 12.8 Å². The Kier molecular flexibility index (Phi) is 3.49. The summed E-state index contributed by atoms with van der Waals surface area (Å²) in [5.41, 5.74) is 0. The van der Waals surface area contributed by atoms with Gasteiger partial charge in [-0.05, 0) is 19.1 Å². The lowest BCUT2D eigenvalue weighted by molar-refractivity contribution is 0.0883. The molecule has 0 spiro atoms. The molecule has 15 heavy (non-hydrogen) atoms. The van der Waals surface area contributed by atoms with Crippen LogP contribution in [0.2, 0.25) is 0 Å². The Morgan fingerprint density at radius 3 is 3.27 bits per heavy atom. The average molecular weight is 225 g/mol. The first-order valence-electron chi connectivity index (χ1n) is 5.16. The first-order chi connectivity index (χ1) is 7.27. The van der Waals surface area contributed by atoms with Gasteiger partial charge in [0.25, 0.3) is 0 Å². The summed E-state index contributed by atoms with van der Waals surface area (Å²) in [6, 6.07) is 3.97. The van der Waals surface area contributed by atoms with Crippen molar-refractivity contribution in [1.29, 1.82) is 0 Å². The highest BCUT2D eigenvalue weighted by molar-refractivity contribution is 7.99. The van der Waals surface area contributed by atoms with E-state index >= 15 is 0 Å². The molecule has 4 heteroatoms. The third-order valence-electron chi connectivity index (χ3n) is 2.65. The molecule has 1 atom stereocenters. The Bertz CT molecular complexity index is 323. The molecular formula is C11H15NO2S. The molecule has 82 valence electrons. The van der Waals surface area contributed by atoms with Crippen LogP contribution in [0, 0.1) is 0 Å². The predicted octanol–water partition coefficient (Wildman–Crippen LogP) is 1.90. The van der Waals surface area contributed by atoms with Crippen LogP contribution < -0.4 is 0 Å². The summed E-state index contributed by atoms with van der Waals surface area (Å²) < 4.78 is 5.09. The summed E-state index contributed by atoms with van der Waals surface area (Å²) >= 11 is 1.95. The zero-order chi connectivity index (χ0) is 10.7. The molecule has 1 unspecified atom stereocenters. The number of thioether (sulfide) groups is 1. The Hall–Kier alpha value is -0.740. The highest BCUT2D eigenvalue weighted by Gasteiger charge is 2.22. The van der Waals surface area contributed by atoms with Crippen molar-refractivity contribution in [3.63, 3.8) is 0 Å². The van der Waals surface area contributed by atoms with Gasteiger partial charge >= 0.3 is 0 Å². The molecule has 3 nitrogen and oxygen atoms in total. The van der Waals surface area contributed by atoms with Gasteiger partial charge in [-0.15, -0.1) is 0 Å². The van der Waals surface area contributed by atoms with Crippen molar-refractivity contribution in [1.82, 2.24) is 4.90 Å². The first kappa shape index (κ1) is 10.8. The zero-order valence-corrected chi connectivity index (χ0v) is 9.63. The fourth-order valence-electron chi connectivity index (χ4n) is 1.70. The molecule has 0 radical (unpaired) electrons. The number of rotatable bonds is 3. The van der Waals surface area contributed by atoms with E-state index in [4.69, 9.17) is 4.42 Å². The SMILES string of the molecule is CC1CSCCN1CC(=O)c1ccco1. The molecule has 1 aromatic rings. The molecule has 1 saturated heterocycles. The van der Waals surface area contributed by atoms with Crippen LogP contribution in [-0.2, 0) is 0 Å². The minimum atomic E-state index is 0.0822. The maximum Gasteiger partial charge on any atom is 0.211 e. The molecule has 1 aliphatic rings. The van der Waals surface area contributed by atoms with E-state index in [-0.39, 0.29) is 5.78 Å². The van der Waals surface area contributed by atoms with Crippen LogP contribution in [0.4, 0.5) is 0 Å². The molecule has 0 N–H and O–H groups in total. The van der Waals surface area contributed by atoms with Crippen LogP contribution in [0.5, 0.6) is 0 Å². The van der Waals surface area contributed by atoms with Gasteiger partial charge in [0.2, 0.25) is 5.78 Å². The second kappa shape index (κ2) is 4.86. The summed E-state index contributed by atoms with van der Waals surface area (Å²) in [6.45, 7) is 3.65. The largest absolute Gasteiger partial charge is 0.461 e. The van der Waals surface area contributed by atoms with Gasteiger partial charge in [0.15, 0.2) is 5.76 Å². The molecule has 1 fully saturated rings. The van der Waals surface area contributed by atoms with E-state index in [1.54, 1.807) is 18.4 Å². The van der Waals surface area contributed by atoms with E-state index < -0.39 is 0 Å². The minimum absolute atomic E-state index is 0.0822. The highest BCUT2D eigenvalue weighted by Crippen LogP contribution is 2.16. The van der Waals surface area contributed by atoms with Gasteiger partial charge < -0.3 is 4.42 Å². The van der Waals surface area contributed by atoms with Gasteiger partial charge in [0.1, 0.15) is 0 Å². The molecule has 0 bridgehead atoms. The van der Waals surface area contributed by atoms with E-state index in [1.807, 2.05) is 11.8 Å². The van der Waals surface area contributed by atoms with Gasteiger partial charge in [-0.2, -0.15) is 11.8 Å². The van der Waals surface area contributed by atoms with Crippen molar-refractivity contribution in [2.45, 2.75) is 13.0 Å². The number of Topliss-reactive ketones (excluding diaryl/α,β-unsaturated/α-hetero) is 1. The molecule has 0 saturated carbocycles. The van der Waals surface area contributed by atoms with Crippen LogP contribution in [0.15, 0.2) is 22.8 Å². The standard InChI is InChI=1S/C11H15NO2S/c1-9-8-15-6-4-12(9)7-10(13)11-3-2-5-14-11/h2-3,5,9H,4,6-8H2,1H3. The summed E-state index contributed by atoms with van der Waals surface area (Å²) in [5.74, 6) is 2.79. The van der Waals surface area contributed by atoms with Crippen LogP contribution in [0.1, 0.15) is 17.5 Å². The van der Waals surface area contributed by atoms with Crippen molar-refractivity contribution < 1.29 is 9.21 Å². The Labute approximate surface area is 93.8 Å². The number of hydrogen-bond acceptors (Lipinski definition) is 4. The summed E-state index contributed by atoms with van der Waals surface area (Å²) in [5, 5.41) is 0. The molecule has 1 aliphatic heterocycles. The van der Waals surface area contributed by atoms with E-state index in [2.05, 4.69) is 11.8 Å². The molecule has 0 aromatic carbocycles. The van der Waals surface area contributed by atoms with Crippen molar-refractivity contribution in [2.75, 3.05) is 24.6 Å². The van der Waals surface area contributed by atoms with Gasteiger partial charge in [0, 0.05) is 24.1 Å². The lowest BCUT2D eigenvalue weighted by Gasteiger charge is -2.31. The van der Waals surface area contributed by atoms with Crippen LogP contribution in [0.3, 0.4) is 0 Å². The van der Waals surface area contributed by atoms with Crippen LogP contribution in [-0.4, -0.2) is 41.3 Å². The first-order valence-corrected chi connectivity index (χ1v) is 6.31. The third-order valence-corrected chi connectivity index (χ3v) is 3.84. The second-order valence-corrected chi connectivity index (χ2v) is 4.94. The Morgan fingerprint density at radius 1 is 1.73 bits per heavy atom. The van der Waals surface area contributed by atoms with Gasteiger partial charge in [-0.3, -0.25) is 9.69 Å². The normalized spacial score (nSPS) is 22.9. The van der Waals surface area contributed by atoms with E-state index in [1.165, 1.54) is 0 Å². The smallest absolute Gasteiger partial charge is 0.211 e. The van der Waals surface area contributed by atoms with Crippen LogP contribution >= 0.6 is 11.8 Å². The molecule has 2 heterocycles. The fourth-order valence-corrected chi connectivity index (χ4v) is 2.78. The average Bonchev–Trinajstić information content (AvgIpc) is 2.74. The highest BCUT2D eigenvalue weighted by atomic mass is 32.2.